The van der Waals surface area contributed by atoms with Crippen molar-refractivity contribution in [2.24, 2.45) is 0 Å². The average Bonchev–Trinajstić information content (AvgIpc) is 2.68. The molecule has 0 radical (unpaired) electrons. The first-order chi connectivity index (χ1) is 13.6. The van der Waals surface area contributed by atoms with E-state index in [1.54, 1.807) is 0 Å². The average molecular weight is 380 g/mol. The molecule has 2 aromatic rings. The van der Waals surface area contributed by atoms with Gasteiger partial charge in [-0.2, -0.15) is 0 Å². The minimum absolute atomic E-state index is 0.0699. The molecule has 0 aromatic heterocycles. The van der Waals surface area contributed by atoms with Crippen molar-refractivity contribution in [3.05, 3.63) is 59.7 Å². The number of amides is 2. The molecule has 2 aromatic carbocycles. The molecule has 1 heterocycles. The minimum Gasteiger partial charge on any atom is -0.372 e. The van der Waals surface area contributed by atoms with E-state index in [4.69, 9.17) is 4.74 Å². The Kier molecular flexibility index (Phi) is 5.53. The molecule has 4 rings (SSSR count). The molecular weight excluding hydrogens is 350 g/mol. The number of aryl methyl sites for hydroxylation is 1. The van der Waals surface area contributed by atoms with Crippen molar-refractivity contribution in [3.63, 3.8) is 0 Å². The molecule has 0 spiro atoms. The third-order valence-electron chi connectivity index (χ3n) is 5.59. The zero-order chi connectivity index (χ0) is 19.5. The number of benzene rings is 2. The highest BCUT2D eigenvalue weighted by molar-refractivity contribution is 5.93. The molecule has 1 saturated heterocycles. The molecule has 148 valence electrons. The van der Waals surface area contributed by atoms with Crippen LogP contribution >= 0.6 is 0 Å². The van der Waals surface area contributed by atoms with Crippen LogP contribution in [0, 0.1) is 0 Å². The van der Waals surface area contributed by atoms with Gasteiger partial charge in [-0.15, -0.1) is 0 Å². The van der Waals surface area contributed by atoms with Gasteiger partial charge >= 0.3 is 6.03 Å². The van der Waals surface area contributed by atoms with Gasteiger partial charge in [0.2, 0.25) is 0 Å². The summed E-state index contributed by atoms with van der Waals surface area (Å²) in [5.41, 5.74) is 4.47. The van der Waals surface area contributed by atoms with E-state index in [-0.39, 0.29) is 24.3 Å². The van der Waals surface area contributed by atoms with E-state index < -0.39 is 0 Å². The van der Waals surface area contributed by atoms with E-state index in [1.165, 1.54) is 11.1 Å². The summed E-state index contributed by atoms with van der Waals surface area (Å²) >= 11 is 0. The molecule has 2 N–H and O–H groups in total. The summed E-state index contributed by atoms with van der Waals surface area (Å²) in [5.74, 6) is 0. The minimum atomic E-state index is -0.150. The van der Waals surface area contributed by atoms with Gasteiger partial charge in [0.25, 0.3) is 0 Å². The van der Waals surface area contributed by atoms with Gasteiger partial charge < -0.3 is 20.3 Å². The topological polar surface area (TPSA) is 53.6 Å². The van der Waals surface area contributed by atoms with Gasteiger partial charge in [-0.05, 0) is 56.4 Å². The number of carbonyl (C=O) groups is 1. The van der Waals surface area contributed by atoms with E-state index in [0.29, 0.717) is 0 Å². The number of hydrogen-bond donors (Lipinski definition) is 2. The van der Waals surface area contributed by atoms with Gasteiger partial charge in [0.05, 0.1) is 29.6 Å². The Bertz CT molecular complexity index is 828. The molecule has 28 heavy (non-hydrogen) atoms. The maximum Gasteiger partial charge on any atom is 0.319 e. The molecule has 1 aliphatic carbocycles. The number of ether oxygens (including phenoxy) is 1. The van der Waals surface area contributed by atoms with E-state index in [1.807, 2.05) is 24.3 Å². The van der Waals surface area contributed by atoms with Crippen molar-refractivity contribution >= 4 is 17.4 Å². The van der Waals surface area contributed by atoms with Crippen molar-refractivity contribution in [3.8, 4) is 0 Å². The van der Waals surface area contributed by atoms with Crippen LogP contribution < -0.4 is 15.5 Å². The predicted octanol–water partition coefficient (Wildman–Crippen LogP) is 4.50. The lowest BCUT2D eigenvalue weighted by Crippen LogP contribution is -2.46. The van der Waals surface area contributed by atoms with Crippen LogP contribution in [0.5, 0.6) is 0 Å². The lowest BCUT2D eigenvalue weighted by molar-refractivity contribution is -0.00517. The second-order valence-corrected chi connectivity index (χ2v) is 7.92. The van der Waals surface area contributed by atoms with E-state index in [9.17, 15) is 4.79 Å². The highest BCUT2D eigenvalue weighted by atomic mass is 16.5. The standard InChI is InChI=1S/C23H29N3O2/c1-16-14-26(15-17(2)28-16)22-13-6-5-11-21(22)25-23(27)24-20-12-7-9-18-8-3-4-10-19(18)20/h3-6,8,10-11,13,16-17,20H,7,9,12,14-15H2,1-2H3,(H2,24,25,27). The van der Waals surface area contributed by atoms with Crippen LogP contribution in [0.3, 0.4) is 0 Å². The fraction of sp³-hybridized carbons (Fsp3) is 0.435. The summed E-state index contributed by atoms with van der Waals surface area (Å²) in [6.07, 6.45) is 3.51. The smallest absolute Gasteiger partial charge is 0.319 e. The highest BCUT2D eigenvalue weighted by Crippen LogP contribution is 2.31. The normalized spacial score (nSPS) is 24.4. The highest BCUT2D eigenvalue weighted by Gasteiger charge is 2.25. The van der Waals surface area contributed by atoms with Gasteiger partial charge in [-0.3, -0.25) is 0 Å². The summed E-state index contributed by atoms with van der Waals surface area (Å²) in [6, 6.07) is 16.3. The summed E-state index contributed by atoms with van der Waals surface area (Å²) in [4.78, 5) is 15.1. The number of para-hydroxylation sites is 2. The lowest BCUT2D eigenvalue weighted by atomic mass is 9.88. The molecule has 2 aliphatic rings. The maximum absolute atomic E-state index is 12.8. The fourth-order valence-electron chi connectivity index (χ4n) is 4.45. The Morgan fingerprint density at radius 2 is 1.75 bits per heavy atom. The zero-order valence-electron chi connectivity index (χ0n) is 16.7. The first-order valence-corrected chi connectivity index (χ1v) is 10.2. The summed E-state index contributed by atoms with van der Waals surface area (Å²) in [6.45, 7) is 5.82. The predicted molar refractivity (Wildman–Crippen MR) is 113 cm³/mol. The van der Waals surface area contributed by atoms with Crippen LogP contribution in [0.2, 0.25) is 0 Å². The van der Waals surface area contributed by atoms with Crippen LogP contribution in [0.15, 0.2) is 48.5 Å². The maximum atomic E-state index is 12.8. The molecule has 1 fully saturated rings. The van der Waals surface area contributed by atoms with Gasteiger partial charge in [-0.1, -0.05) is 36.4 Å². The number of nitrogens with one attached hydrogen (secondary N) is 2. The first kappa shape index (κ1) is 18.8. The Hall–Kier alpha value is -2.53. The molecule has 1 aliphatic heterocycles. The second-order valence-electron chi connectivity index (χ2n) is 7.92. The summed E-state index contributed by atoms with van der Waals surface area (Å²) in [5, 5.41) is 6.26. The Balaban J connectivity index is 1.47. The number of urea groups is 1. The molecule has 0 saturated carbocycles. The van der Waals surface area contributed by atoms with Crippen molar-refractivity contribution in [2.75, 3.05) is 23.3 Å². The van der Waals surface area contributed by atoms with Gasteiger partial charge in [0.15, 0.2) is 0 Å². The van der Waals surface area contributed by atoms with Crippen molar-refractivity contribution < 1.29 is 9.53 Å². The third kappa shape index (κ3) is 4.14. The number of anilines is 2. The largest absolute Gasteiger partial charge is 0.372 e. The molecule has 5 heteroatoms. The monoisotopic (exact) mass is 379 g/mol. The number of rotatable bonds is 3. The van der Waals surface area contributed by atoms with Crippen molar-refractivity contribution in [1.29, 1.82) is 0 Å². The first-order valence-electron chi connectivity index (χ1n) is 10.2. The molecule has 3 atom stereocenters. The Labute approximate surface area is 167 Å². The lowest BCUT2D eigenvalue weighted by Gasteiger charge is -2.37. The number of hydrogen-bond acceptors (Lipinski definition) is 3. The number of nitrogens with zero attached hydrogens (tertiary/aromatic N) is 1. The van der Waals surface area contributed by atoms with Crippen LogP contribution in [0.1, 0.15) is 43.9 Å². The molecular formula is C23H29N3O2. The summed E-state index contributed by atoms with van der Waals surface area (Å²) < 4.78 is 5.85. The van der Waals surface area contributed by atoms with Crippen LogP contribution in [0.25, 0.3) is 0 Å². The quantitative estimate of drug-likeness (QED) is 0.826. The number of carbonyl (C=O) groups excluding carboxylic acids is 1. The van der Waals surface area contributed by atoms with Crippen LogP contribution in [-0.4, -0.2) is 31.3 Å². The molecule has 2 amide bonds. The third-order valence-corrected chi connectivity index (χ3v) is 5.59. The van der Waals surface area contributed by atoms with Gasteiger partial charge in [0.1, 0.15) is 0 Å². The van der Waals surface area contributed by atoms with Crippen LogP contribution in [-0.2, 0) is 11.2 Å². The van der Waals surface area contributed by atoms with E-state index in [2.05, 4.69) is 53.6 Å². The molecule has 0 bridgehead atoms. The SMILES string of the molecule is CC1CN(c2ccccc2NC(=O)NC2CCCc3ccccc32)CC(C)O1. The fourth-order valence-corrected chi connectivity index (χ4v) is 4.45. The van der Waals surface area contributed by atoms with Crippen molar-refractivity contribution in [2.45, 2.75) is 51.4 Å². The Morgan fingerprint density at radius 3 is 2.57 bits per heavy atom. The number of fused-ring (bicyclic) bond motifs is 1. The molecule has 3 unspecified atom stereocenters. The van der Waals surface area contributed by atoms with Gasteiger partial charge in [0, 0.05) is 13.1 Å². The number of morpholine rings is 1. The van der Waals surface area contributed by atoms with Crippen LogP contribution in [0.4, 0.5) is 16.2 Å². The molecule has 5 nitrogen and oxygen atoms in total. The van der Waals surface area contributed by atoms with E-state index >= 15 is 0 Å². The summed E-state index contributed by atoms with van der Waals surface area (Å²) in [7, 11) is 0. The van der Waals surface area contributed by atoms with Crippen molar-refractivity contribution in [1.82, 2.24) is 5.32 Å². The van der Waals surface area contributed by atoms with Gasteiger partial charge in [-0.25, -0.2) is 4.79 Å². The van der Waals surface area contributed by atoms with E-state index in [0.717, 1.165) is 43.7 Å². The Morgan fingerprint density at radius 1 is 1.04 bits per heavy atom. The zero-order valence-corrected chi connectivity index (χ0v) is 16.7. The second kappa shape index (κ2) is 8.23.